The highest BCUT2D eigenvalue weighted by molar-refractivity contribution is 6.34. The van der Waals surface area contributed by atoms with Gasteiger partial charge in [-0.2, -0.15) is 0 Å². The van der Waals surface area contributed by atoms with E-state index in [4.69, 9.17) is 25.8 Å². The molecule has 1 aliphatic rings. The molecule has 170 valence electrons. The Labute approximate surface area is 190 Å². The summed E-state index contributed by atoms with van der Waals surface area (Å²) in [6.07, 6.45) is 0. The third kappa shape index (κ3) is 5.23. The van der Waals surface area contributed by atoms with Gasteiger partial charge in [-0.3, -0.25) is 14.4 Å². The van der Waals surface area contributed by atoms with E-state index in [1.54, 1.807) is 18.2 Å². The Bertz CT molecular complexity index is 1030. The van der Waals surface area contributed by atoms with Gasteiger partial charge in [0.25, 0.3) is 11.8 Å². The molecule has 0 aliphatic carbocycles. The average molecular weight is 462 g/mol. The molecule has 1 unspecified atom stereocenters. The lowest BCUT2D eigenvalue weighted by molar-refractivity contribution is -0.119. The van der Waals surface area contributed by atoms with Gasteiger partial charge >= 0.3 is 0 Å². The van der Waals surface area contributed by atoms with Crippen LogP contribution in [-0.4, -0.2) is 44.6 Å². The molecule has 0 saturated carbocycles. The summed E-state index contributed by atoms with van der Waals surface area (Å²) in [5.41, 5.74) is 1.01. The molecule has 0 radical (unpaired) electrons. The number of carbonyl (C=O) groups is 3. The van der Waals surface area contributed by atoms with Gasteiger partial charge < -0.3 is 30.2 Å². The van der Waals surface area contributed by atoms with Gasteiger partial charge in [0.2, 0.25) is 5.91 Å². The van der Waals surface area contributed by atoms with Gasteiger partial charge in [-0.25, -0.2) is 0 Å². The van der Waals surface area contributed by atoms with Crippen LogP contribution in [-0.2, 0) is 9.59 Å². The fourth-order valence-corrected chi connectivity index (χ4v) is 3.32. The van der Waals surface area contributed by atoms with Crippen LogP contribution in [0.4, 0.5) is 11.4 Å². The predicted molar refractivity (Wildman–Crippen MR) is 120 cm³/mol. The normalized spacial score (nSPS) is 13.4. The molecule has 0 bridgehead atoms. The molecule has 3 rings (SSSR count). The SMILES string of the molecule is COc1cc(OC)cc(C(=O)NC(C(=O)Nc2cc3c(cc2Cl)NC(=O)CO3)C(C)C)c1. The standard InChI is InChI=1S/C22H24ClN3O6/c1-11(2)20(26-21(28)12-5-13(30-3)7-14(6-12)31-4)22(29)25-16-9-18-17(8-15(16)23)24-19(27)10-32-18/h5-9,11,20H,10H2,1-4H3,(H,24,27)(H,25,29)(H,26,28). The molecular formula is C22H24ClN3O6. The van der Waals surface area contributed by atoms with Crippen LogP contribution in [0.25, 0.3) is 0 Å². The second-order valence-electron chi connectivity index (χ2n) is 7.45. The van der Waals surface area contributed by atoms with E-state index in [-0.39, 0.29) is 29.0 Å². The Hall–Kier alpha value is -3.46. The number of hydrogen-bond donors (Lipinski definition) is 3. The highest BCUT2D eigenvalue weighted by Gasteiger charge is 2.27. The lowest BCUT2D eigenvalue weighted by atomic mass is 10.0. The zero-order chi connectivity index (χ0) is 23.4. The van der Waals surface area contributed by atoms with Crippen LogP contribution in [0, 0.1) is 5.92 Å². The van der Waals surface area contributed by atoms with Gasteiger partial charge in [0, 0.05) is 17.7 Å². The van der Waals surface area contributed by atoms with Gasteiger partial charge in [0.05, 0.1) is 30.6 Å². The first-order valence-electron chi connectivity index (χ1n) is 9.82. The number of hydrogen-bond acceptors (Lipinski definition) is 6. The highest BCUT2D eigenvalue weighted by atomic mass is 35.5. The summed E-state index contributed by atoms with van der Waals surface area (Å²) in [4.78, 5) is 37.3. The molecule has 10 heteroatoms. The number of anilines is 2. The van der Waals surface area contributed by atoms with Crippen molar-refractivity contribution in [1.29, 1.82) is 0 Å². The van der Waals surface area contributed by atoms with E-state index in [1.807, 2.05) is 13.8 Å². The number of halogens is 1. The van der Waals surface area contributed by atoms with Crippen molar-refractivity contribution in [3.8, 4) is 17.2 Å². The number of fused-ring (bicyclic) bond motifs is 1. The van der Waals surface area contributed by atoms with Crippen LogP contribution in [0.15, 0.2) is 30.3 Å². The predicted octanol–water partition coefficient (Wildman–Crippen LogP) is 3.08. The van der Waals surface area contributed by atoms with E-state index in [1.165, 1.54) is 26.4 Å². The van der Waals surface area contributed by atoms with Crippen molar-refractivity contribution in [2.45, 2.75) is 19.9 Å². The van der Waals surface area contributed by atoms with Gasteiger partial charge in [-0.15, -0.1) is 0 Å². The maximum absolute atomic E-state index is 13.0. The van der Waals surface area contributed by atoms with Crippen molar-refractivity contribution >= 4 is 40.7 Å². The van der Waals surface area contributed by atoms with Crippen molar-refractivity contribution in [3.63, 3.8) is 0 Å². The first-order valence-corrected chi connectivity index (χ1v) is 10.2. The minimum absolute atomic E-state index is 0.128. The monoisotopic (exact) mass is 461 g/mol. The van der Waals surface area contributed by atoms with Crippen LogP contribution in [0.1, 0.15) is 24.2 Å². The Morgan fingerprint density at radius 2 is 1.75 bits per heavy atom. The Balaban J connectivity index is 1.78. The summed E-state index contributed by atoms with van der Waals surface area (Å²) in [5.74, 6) is -0.136. The number of benzene rings is 2. The number of carbonyl (C=O) groups excluding carboxylic acids is 3. The van der Waals surface area contributed by atoms with E-state index >= 15 is 0 Å². The quantitative estimate of drug-likeness (QED) is 0.583. The van der Waals surface area contributed by atoms with E-state index in [0.717, 1.165) is 0 Å². The lowest BCUT2D eigenvalue weighted by Crippen LogP contribution is -2.47. The number of ether oxygens (including phenoxy) is 3. The second-order valence-corrected chi connectivity index (χ2v) is 7.86. The molecule has 32 heavy (non-hydrogen) atoms. The molecular weight excluding hydrogens is 438 g/mol. The van der Waals surface area contributed by atoms with Crippen molar-refractivity contribution in [2.75, 3.05) is 31.5 Å². The minimum Gasteiger partial charge on any atom is -0.497 e. The highest BCUT2D eigenvalue weighted by Crippen LogP contribution is 2.36. The minimum atomic E-state index is -0.854. The third-order valence-corrected chi connectivity index (χ3v) is 5.12. The van der Waals surface area contributed by atoms with Crippen LogP contribution < -0.4 is 30.2 Å². The number of amides is 3. The molecule has 1 heterocycles. The third-order valence-electron chi connectivity index (χ3n) is 4.81. The summed E-state index contributed by atoms with van der Waals surface area (Å²) in [7, 11) is 2.97. The molecule has 0 spiro atoms. The second kappa shape index (κ2) is 9.78. The molecule has 1 atom stereocenters. The zero-order valence-corrected chi connectivity index (χ0v) is 18.8. The Kier molecular flexibility index (Phi) is 7.09. The first-order chi connectivity index (χ1) is 15.2. The van der Waals surface area contributed by atoms with Crippen LogP contribution in [0.2, 0.25) is 5.02 Å². The smallest absolute Gasteiger partial charge is 0.262 e. The van der Waals surface area contributed by atoms with Gasteiger partial charge in [-0.05, 0) is 24.1 Å². The average Bonchev–Trinajstić information content (AvgIpc) is 2.77. The Morgan fingerprint density at radius 1 is 1.09 bits per heavy atom. The molecule has 0 fully saturated rings. The number of nitrogens with one attached hydrogen (secondary N) is 3. The molecule has 9 nitrogen and oxygen atoms in total. The van der Waals surface area contributed by atoms with E-state index in [0.29, 0.717) is 28.6 Å². The maximum Gasteiger partial charge on any atom is 0.262 e. The van der Waals surface area contributed by atoms with Crippen molar-refractivity contribution in [1.82, 2.24) is 5.32 Å². The molecule has 1 aliphatic heterocycles. The van der Waals surface area contributed by atoms with E-state index in [2.05, 4.69) is 16.0 Å². The fraction of sp³-hybridized carbons (Fsp3) is 0.318. The van der Waals surface area contributed by atoms with Gasteiger partial charge in [0.1, 0.15) is 23.3 Å². The van der Waals surface area contributed by atoms with Gasteiger partial charge in [-0.1, -0.05) is 25.4 Å². The van der Waals surface area contributed by atoms with Crippen LogP contribution in [0.5, 0.6) is 17.2 Å². The number of rotatable bonds is 7. The summed E-state index contributed by atoms with van der Waals surface area (Å²) >= 11 is 6.27. The molecule has 0 saturated heterocycles. The van der Waals surface area contributed by atoms with Crippen molar-refractivity contribution < 1.29 is 28.6 Å². The summed E-state index contributed by atoms with van der Waals surface area (Å²) in [5, 5.41) is 8.34. The van der Waals surface area contributed by atoms with E-state index in [9.17, 15) is 14.4 Å². The van der Waals surface area contributed by atoms with E-state index < -0.39 is 17.9 Å². The fourth-order valence-electron chi connectivity index (χ4n) is 3.10. The summed E-state index contributed by atoms with van der Waals surface area (Å²) in [6, 6.07) is 6.92. The topological polar surface area (TPSA) is 115 Å². The van der Waals surface area contributed by atoms with Crippen molar-refractivity contribution in [2.24, 2.45) is 5.92 Å². The first kappa shape index (κ1) is 23.2. The van der Waals surface area contributed by atoms with Crippen LogP contribution in [0.3, 0.4) is 0 Å². The van der Waals surface area contributed by atoms with Crippen LogP contribution >= 0.6 is 11.6 Å². The maximum atomic E-state index is 13.0. The summed E-state index contributed by atoms with van der Waals surface area (Å²) < 4.78 is 15.8. The Morgan fingerprint density at radius 3 is 2.34 bits per heavy atom. The lowest BCUT2D eigenvalue weighted by Gasteiger charge is -2.23. The number of methoxy groups -OCH3 is 2. The van der Waals surface area contributed by atoms with Crippen molar-refractivity contribution in [3.05, 3.63) is 40.9 Å². The zero-order valence-electron chi connectivity index (χ0n) is 18.1. The molecule has 0 aromatic heterocycles. The van der Waals surface area contributed by atoms with Gasteiger partial charge in [0.15, 0.2) is 6.61 Å². The summed E-state index contributed by atoms with van der Waals surface area (Å²) in [6.45, 7) is 3.49. The largest absolute Gasteiger partial charge is 0.497 e. The molecule has 3 N–H and O–H groups in total. The molecule has 3 amide bonds. The molecule has 2 aromatic rings. The molecule has 2 aromatic carbocycles.